The average molecular weight is 407 g/mol. The first-order valence-corrected chi connectivity index (χ1v) is 11.0. The van der Waals surface area contributed by atoms with Gasteiger partial charge in [-0.3, -0.25) is 0 Å². The van der Waals surface area contributed by atoms with Crippen molar-refractivity contribution in [1.29, 1.82) is 0 Å². The van der Waals surface area contributed by atoms with Gasteiger partial charge in [-0.15, -0.1) is 12.4 Å². The zero-order chi connectivity index (χ0) is 17.7. The predicted octanol–water partition coefficient (Wildman–Crippen LogP) is 5.76. The minimum atomic E-state index is -1.78. The van der Waals surface area contributed by atoms with Crippen LogP contribution in [0.4, 0.5) is 0 Å². The Balaban J connectivity index is 0.00000140. The Morgan fingerprint density at radius 3 is 1.04 bits per heavy atom. The van der Waals surface area contributed by atoms with Crippen LogP contribution >= 0.6 is 19.7 Å². The summed E-state index contributed by atoms with van der Waals surface area (Å²) in [5.41, 5.74) is 1.39. The number of hydrogen-bond donors (Lipinski definition) is 1. The van der Waals surface area contributed by atoms with Crippen LogP contribution in [0.25, 0.3) is 0 Å². The van der Waals surface area contributed by atoms with Crippen LogP contribution in [-0.2, 0) is 6.16 Å². The SMILES string of the molecule is Cl.N.c1ccc(C[P+](c2ccccc2)(c2ccccc2)c2ccccc2)cc1. The first-order chi connectivity index (χ1) is 12.9. The maximum absolute atomic E-state index is 2.30. The van der Waals surface area contributed by atoms with Crippen LogP contribution in [0.2, 0.25) is 0 Å². The lowest BCUT2D eigenvalue weighted by Crippen LogP contribution is -2.32. The molecule has 3 N–H and O–H groups in total. The Morgan fingerprint density at radius 2 is 0.714 bits per heavy atom. The van der Waals surface area contributed by atoms with E-state index < -0.39 is 7.26 Å². The van der Waals surface area contributed by atoms with Crippen LogP contribution in [0.1, 0.15) is 5.56 Å². The van der Waals surface area contributed by atoms with Gasteiger partial charge in [0.1, 0.15) is 23.2 Å². The van der Waals surface area contributed by atoms with E-state index in [2.05, 4.69) is 121 Å². The van der Waals surface area contributed by atoms with Gasteiger partial charge in [0.15, 0.2) is 0 Å². The normalized spacial score (nSPS) is 10.4. The molecule has 0 aliphatic heterocycles. The van der Waals surface area contributed by atoms with Gasteiger partial charge in [0.2, 0.25) is 0 Å². The average Bonchev–Trinajstić information content (AvgIpc) is 2.75. The first kappa shape index (κ1) is 21.9. The summed E-state index contributed by atoms with van der Waals surface area (Å²) in [6, 6.07) is 44.0. The Labute approximate surface area is 174 Å². The molecule has 0 fully saturated rings. The highest BCUT2D eigenvalue weighted by molar-refractivity contribution is 7.95. The van der Waals surface area contributed by atoms with Gasteiger partial charge in [-0.25, -0.2) is 0 Å². The zero-order valence-electron chi connectivity index (χ0n) is 15.8. The van der Waals surface area contributed by atoms with E-state index in [1.165, 1.54) is 21.5 Å². The van der Waals surface area contributed by atoms with Crippen molar-refractivity contribution in [2.45, 2.75) is 6.16 Å². The van der Waals surface area contributed by atoms with E-state index in [4.69, 9.17) is 0 Å². The van der Waals surface area contributed by atoms with E-state index >= 15 is 0 Å². The third kappa shape index (κ3) is 4.34. The molecule has 0 saturated heterocycles. The summed E-state index contributed by atoms with van der Waals surface area (Å²) in [6.07, 6.45) is 1.03. The third-order valence-electron chi connectivity index (χ3n) is 4.85. The van der Waals surface area contributed by atoms with Crippen LogP contribution in [0.15, 0.2) is 121 Å². The molecule has 28 heavy (non-hydrogen) atoms. The Morgan fingerprint density at radius 1 is 0.429 bits per heavy atom. The summed E-state index contributed by atoms with van der Waals surface area (Å²) in [5.74, 6) is 0. The Bertz CT molecular complexity index is 848. The van der Waals surface area contributed by atoms with Crippen molar-refractivity contribution in [3.05, 3.63) is 127 Å². The van der Waals surface area contributed by atoms with E-state index in [-0.39, 0.29) is 18.6 Å². The molecule has 4 rings (SSSR count). The summed E-state index contributed by atoms with van der Waals surface area (Å²) in [4.78, 5) is 0. The van der Waals surface area contributed by atoms with E-state index in [1.54, 1.807) is 0 Å². The first-order valence-electron chi connectivity index (χ1n) is 8.98. The van der Waals surface area contributed by atoms with Crippen molar-refractivity contribution in [1.82, 2.24) is 6.15 Å². The lowest BCUT2D eigenvalue weighted by Gasteiger charge is -2.27. The second-order valence-electron chi connectivity index (χ2n) is 6.46. The molecule has 3 heteroatoms. The van der Waals surface area contributed by atoms with E-state index in [0.717, 1.165) is 6.16 Å². The third-order valence-corrected chi connectivity index (χ3v) is 9.23. The monoisotopic (exact) mass is 406 g/mol. The summed E-state index contributed by atoms with van der Waals surface area (Å²) in [5, 5.41) is 4.30. The standard InChI is InChI=1S/C25H22P.ClH.H3N/c1-5-13-22(14-6-1)21-26(23-15-7-2-8-16-23,24-17-9-3-10-18-24)25-19-11-4-12-20-25;;/h1-20H,21H2;1H;1H3/q+1;;. The highest BCUT2D eigenvalue weighted by Crippen LogP contribution is 2.58. The maximum atomic E-state index is 2.30. The van der Waals surface area contributed by atoms with E-state index in [1.807, 2.05) is 0 Å². The van der Waals surface area contributed by atoms with Gasteiger partial charge < -0.3 is 6.15 Å². The molecule has 142 valence electrons. The molecule has 0 aliphatic carbocycles. The van der Waals surface area contributed by atoms with Gasteiger partial charge in [-0.1, -0.05) is 84.9 Å². The summed E-state index contributed by atoms with van der Waals surface area (Å²) >= 11 is 0. The topological polar surface area (TPSA) is 35.0 Å². The molecule has 4 aromatic rings. The molecule has 0 unspecified atom stereocenters. The summed E-state index contributed by atoms with van der Waals surface area (Å²) in [6.45, 7) is 0. The molecule has 0 atom stereocenters. The van der Waals surface area contributed by atoms with Gasteiger partial charge in [0.05, 0.1) is 6.16 Å². The van der Waals surface area contributed by atoms with Crippen molar-refractivity contribution < 1.29 is 0 Å². The fourth-order valence-electron chi connectivity index (χ4n) is 3.63. The second-order valence-corrected chi connectivity index (χ2v) is 9.95. The number of benzene rings is 4. The highest BCUT2D eigenvalue weighted by Gasteiger charge is 2.45. The molecule has 1 nitrogen and oxygen atoms in total. The van der Waals surface area contributed by atoms with Crippen LogP contribution < -0.4 is 22.1 Å². The van der Waals surface area contributed by atoms with Crippen molar-refractivity contribution in [2.75, 3.05) is 0 Å². The number of halogens is 1. The highest BCUT2D eigenvalue weighted by atomic mass is 35.5. The molecule has 0 radical (unpaired) electrons. The second kappa shape index (κ2) is 10.2. The van der Waals surface area contributed by atoms with E-state index in [9.17, 15) is 0 Å². The van der Waals surface area contributed by atoms with Crippen LogP contribution in [0.5, 0.6) is 0 Å². The van der Waals surface area contributed by atoms with E-state index in [0.29, 0.717) is 0 Å². The molecular formula is C25H26ClNP+. The Kier molecular flexibility index (Phi) is 7.96. The smallest absolute Gasteiger partial charge is 0.116 e. The van der Waals surface area contributed by atoms with Gasteiger partial charge in [-0.2, -0.15) is 0 Å². The zero-order valence-corrected chi connectivity index (χ0v) is 17.5. The van der Waals surface area contributed by atoms with Crippen LogP contribution in [-0.4, -0.2) is 0 Å². The predicted molar refractivity (Wildman–Crippen MR) is 128 cm³/mol. The molecule has 0 saturated carbocycles. The summed E-state index contributed by atoms with van der Waals surface area (Å²) in [7, 11) is -1.78. The molecule has 0 heterocycles. The molecular weight excluding hydrogens is 381 g/mol. The van der Waals surface area contributed by atoms with Crippen molar-refractivity contribution in [3.8, 4) is 0 Å². The van der Waals surface area contributed by atoms with Gasteiger partial charge in [-0.05, 0) is 42.0 Å². The molecule has 4 aromatic carbocycles. The van der Waals surface area contributed by atoms with Crippen LogP contribution in [0.3, 0.4) is 0 Å². The number of hydrogen-bond acceptors (Lipinski definition) is 1. The lowest BCUT2D eigenvalue weighted by molar-refractivity contribution is 1.39. The fourth-order valence-corrected chi connectivity index (χ4v) is 7.87. The fraction of sp³-hybridized carbons (Fsp3) is 0.0400. The lowest BCUT2D eigenvalue weighted by atomic mass is 10.2. The van der Waals surface area contributed by atoms with Crippen molar-refractivity contribution in [2.24, 2.45) is 0 Å². The minimum Gasteiger partial charge on any atom is -0.344 e. The maximum Gasteiger partial charge on any atom is 0.116 e. The largest absolute Gasteiger partial charge is 0.344 e. The van der Waals surface area contributed by atoms with Crippen molar-refractivity contribution >= 4 is 35.6 Å². The molecule has 0 aliphatic rings. The number of rotatable bonds is 5. The molecule has 0 bridgehead atoms. The molecule has 0 amide bonds. The van der Waals surface area contributed by atoms with Gasteiger partial charge in [0.25, 0.3) is 0 Å². The van der Waals surface area contributed by atoms with Gasteiger partial charge in [0, 0.05) is 0 Å². The molecule has 0 spiro atoms. The summed E-state index contributed by atoms with van der Waals surface area (Å²) < 4.78 is 0. The quantitative estimate of drug-likeness (QED) is 0.420. The van der Waals surface area contributed by atoms with Gasteiger partial charge >= 0.3 is 0 Å². The molecule has 0 aromatic heterocycles. The van der Waals surface area contributed by atoms with Crippen LogP contribution in [0, 0.1) is 0 Å². The van der Waals surface area contributed by atoms with Crippen molar-refractivity contribution in [3.63, 3.8) is 0 Å². The minimum absolute atomic E-state index is 0. The Hall–Kier alpha value is -2.44.